The molecule has 0 spiro atoms. The fourth-order valence-electron chi connectivity index (χ4n) is 4.42. The lowest BCUT2D eigenvalue weighted by Crippen LogP contribution is -2.39. The summed E-state index contributed by atoms with van der Waals surface area (Å²) in [5, 5.41) is 3.45. The van der Waals surface area contributed by atoms with Crippen LogP contribution in [-0.2, 0) is 4.79 Å². The summed E-state index contributed by atoms with van der Waals surface area (Å²) >= 11 is 0. The van der Waals surface area contributed by atoms with Crippen molar-refractivity contribution in [2.75, 3.05) is 45.8 Å². The second kappa shape index (κ2) is 8.30. The molecular formula is C18H33N3O. The van der Waals surface area contributed by atoms with Gasteiger partial charge in [-0.25, -0.2) is 0 Å². The summed E-state index contributed by atoms with van der Waals surface area (Å²) in [4.78, 5) is 17.3. The van der Waals surface area contributed by atoms with Gasteiger partial charge in [-0.2, -0.15) is 0 Å². The summed E-state index contributed by atoms with van der Waals surface area (Å²) < 4.78 is 0. The Labute approximate surface area is 135 Å². The van der Waals surface area contributed by atoms with Crippen LogP contribution in [0.2, 0.25) is 0 Å². The van der Waals surface area contributed by atoms with Crippen molar-refractivity contribution < 1.29 is 4.79 Å². The summed E-state index contributed by atoms with van der Waals surface area (Å²) in [7, 11) is 0. The van der Waals surface area contributed by atoms with Gasteiger partial charge < -0.3 is 15.1 Å². The Hall–Kier alpha value is -0.610. The minimum atomic E-state index is 0.426. The molecule has 3 aliphatic rings. The largest absolute Gasteiger partial charge is 0.341 e. The molecule has 3 rings (SSSR count). The number of hydrogen-bond donors (Lipinski definition) is 1. The zero-order valence-corrected chi connectivity index (χ0v) is 14.1. The van der Waals surface area contributed by atoms with Gasteiger partial charge in [0.25, 0.3) is 0 Å². The maximum absolute atomic E-state index is 12.5. The van der Waals surface area contributed by atoms with Crippen molar-refractivity contribution in [3.63, 3.8) is 0 Å². The van der Waals surface area contributed by atoms with Crippen molar-refractivity contribution >= 4 is 5.91 Å². The first-order chi connectivity index (χ1) is 10.8. The van der Waals surface area contributed by atoms with E-state index in [9.17, 15) is 4.79 Å². The fourth-order valence-corrected chi connectivity index (χ4v) is 4.42. The standard InChI is InChI=1S/C18H33N3O/c22-18(14-16-4-1-2-5-16)21-11-3-10-20(12-13-21)15-17-6-8-19-9-7-17/h16-17,19H,1-15H2. The first kappa shape index (κ1) is 16.3. The van der Waals surface area contributed by atoms with Crippen LogP contribution in [0.1, 0.15) is 51.4 Å². The van der Waals surface area contributed by atoms with E-state index >= 15 is 0 Å². The molecule has 0 radical (unpaired) electrons. The Balaban J connectivity index is 1.41. The van der Waals surface area contributed by atoms with Gasteiger partial charge in [-0.1, -0.05) is 12.8 Å². The summed E-state index contributed by atoms with van der Waals surface area (Å²) in [6, 6.07) is 0. The third kappa shape index (κ3) is 4.69. The van der Waals surface area contributed by atoms with Gasteiger partial charge >= 0.3 is 0 Å². The molecule has 1 aliphatic carbocycles. The molecule has 126 valence electrons. The molecule has 1 N–H and O–H groups in total. The minimum absolute atomic E-state index is 0.426. The lowest BCUT2D eigenvalue weighted by Gasteiger charge is -2.29. The molecule has 22 heavy (non-hydrogen) atoms. The normalized spacial score (nSPS) is 26.3. The van der Waals surface area contributed by atoms with Crippen molar-refractivity contribution in [2.24, 2.45) is 11.8 Å². The maximum atomic E-state index is 12.5. The van der Waals surface area contributed by atoms with Crippen molar-refractivity contribution in [1.29, 1.82) is 0 Å². The van der Waals surface area contributed by atoms with Crippen LogP contribution >= 0.6 is 0 Å². The molecule has 3 fully saturated rings. The van der Waals surface area contributed by atoms with E-state index in [0.717, 1.165) is 38.4 Å². The van der Waals surface area contributed by atoms with E-state index in [0.29, 0.717) is 11.8 Å². The Morgan fingerprint density at radius 1 is 0.864 bits per heavy atom. The van der Waals surface area contributed by atoms with Gasteiger partial charge in [0.2, 0.25) is 5.91 Å². The van der Waals surface area contributed by atoms with Gasteiger partial charge in [0.1, 0.15) is 0 Å². The lowest BCUT2D eigenvalue weighted by atomic mass is 9.97. The van der Waals surface area contributed by atoms with Crippen molar-refractivity contribution in [1.82, 2.24) is 15.1 Å². The molecule has 4 heteroatoms. The SMILES string of the molecule is O=C(CC1CCCC1)N1CCCN(CC2CCNCC2)CC1. The van der Waals surface area contributed by atoms with Crippen LogP contribution in [0.15, 0.2) is 0 Å². The minimum Gasteiger partial charge on any atom is -0.341 e. The summed E-state index contributed by atoms with van der Waals surface area (Å²) in [5.41, 5.74) is 0. The molecule has 0 aromatic carbocycles. The summed E-state index contributed by atoms with van der Waals surface area (Å²) in [5.74, 6) is 1.97. The van der Waals surface area contributed by atoms with Crippen LogP contribution in [0.25, 0.3) is 0 Å². The fraction of sp³-hybridized carbons (Fsp3) is 0.944. The van der Waals surface area contributed by atoms with Gasteiger partial charge in [0.15, 0.2) is 0 Å². The van der Waals surface area contributed by atoms with Crippen LogP contribution in [-0.4, -0.2) is 61.5 Å². The van der Waals surface area contributed by atoms with Crippen molar-refractivity contribution in [2.45, 2.75) is 51.4 Å². The number of carbonyl (C=O) groups excluding carboxylic acids is 1. The second-order valence-corrected chi connectivity index (χ2v) is 7.58. The van der Waals surface area contributed by atoms with E-state index in [1.165, 1.54) is 64.7 Å². The zero-order valence-electron chi connectivity index (χ0n) is 14.1. The van der Waals surface area contributed by atoms with E-state index in [1.54, 1.807) is 0 Å². The monoisotopic (exact) mass is 307 g/mol. The Bertz CT molecular complexity index is 348. The highest BCUT2D eigenvalue weighted by atomic mass is 16.2. The smallest absolute Gasteiger partial charge is 0.222 e. The van der Waals surface area contributed by atoms with Gasteiger partial charge in [-0.15, -0.1) is 0 Å². The van der Waals surface area contributed by atoms with E-state index < -0.39 is 0 Å². The van der Waals surface area contributed by atoms with Crippen LogP contribution < -0.4 is 5.32 Å². The predicted octanol–water partition coefficient (Wildman–Crippen LogP) is 2.10. The molecule has 4 nitrogen and oxygen atoms in total. The molecule has 0 atom stereocenters. The first-order valence-corrected chi connectivity index (χ1v) is 9.52. The third-order valence-electron chi connectivity index (χ3n) is 5.85. The molecule has 0 bridgehead atoms. The highest BCUT2D eigenvalue weighted by molar-refractivity contribution is 5.76. The maximum Gasteiger partial charge on any atom is 0.222 e. The molecular weight excluding hydrogens is 274 g/mol. The molecule has 2 aliphatic heterocycles. The summed E-state index contributed by atoms with van der Waals surface area (Å²) in [6.45, 7) is 7.81. The number of carbonyl (C=O) groups is 1. The van der Waals surface area contributed by atoms with Gasteiger partial charge in [-0.05, 0) is 63.6 Å². The average Bonchev–Trinajstić information content (AvgIpc) is 2.93. The van der Waals surface area contributed by atoms with Gasteiger partial charge in [0, 0.05) is 32.6 Å². The van der Waals surface area contributed by atoms with Gasteiger partial charge in [-0.3, -0.25) is 4.79 Å². The predicted molar refractivity (Wildman–Crippen MR) is 89.8 cm³/mol. The summed E-state index contributed by atoms with van der Waals surface area (Å²) in [6.07, 6.45) is 9.84. The van der Waals surface area contributed by atoms with Crippen molar-refractivity contribution in [3.8, 4) is 0 Å². The number of piperidine rings is 1. The third-order valence-corrected chi connectivity index (χ3v) is 5.85. The molecule has 0 unspecified atom stereocenters. The Morgan fingerprint density at radius 2 is 1.64 bits per heavy atom. The molecule has 1 saturated carbocycles. The Kier molecular flexibility index (Phi) is 6.13. The highest BCUT2D eigenvalue weighted by Crippen LogP contribution is 2.28. The van der Waals surface area contributed by atoms with E-state index in [2.05, 4.69) is 15.1 Å². The zero-order chi connectivity index (χ0) is 15.2. The van der Waals surface area contributed by atoms with E-state index in [1.807, 2.05) is 0 Å². The van der Waals surface area contributed by atoms with Crippen LogP contribution in [0.5, 0.6) is 0 Å². The van der Waals surface area contributed by atoms with Crippen LogP contribution in [0, 0.1) is 11.8 Å². The number of nitrogens with zero attached hydrogens (tertiary/aromatic N) is 2. The van der Waals surface area contributed by atoms with Gasteiger partial charge in [0.05, 0.1) is 0 Å². The Morgan fingerprint density at radius 3 is 2.41 bits per heavy atom. The number of hydrogen-bond acceptors (Lipinski definition) is 3. The molecule has 0 aromatic rings. The topological polar surface area (TPSA) is 35.6 Å². The number of rotatable bonds is 4. The second-order valence-electron chi connectivity index (χ2n) is 7.58. The van der Waals surface area contributed by atoms with E-state index in [-0.39, 0.29) is 0 Å². The molecule has 2 saturated heterocycles. The molecule has 1 amide bonds. The quantitative estimate of drug-likeness (QED) is 0.864. The van der Waals surface area contributed by atoms with Crippen LogP contribution in [0.3, 0.4) is 0 Å². The lowest BCUT2D eigenvalue weighted by molar-refractivity contribution is -0.132. The van der Waals surface area contributed by atoms with Crippen molar-refractivity contribution in [3.05, 3.63) is 0 Å². The number of amides is 1. The average molecular weight is 307 g/mol. The highest BCUT2D eigenvalue weighted by Gasteiger charge is 2.25. The first-order valence-electron chi connectivity index (χ1n) is 9.52. The van der Waals surface area contributed by atoms with E-state index in [4.69, 9.17) is 0 Å². The molecule has 0 aromatic heterocycles. The van der Waals surface area contributed by atoms with Crippen LogP contribution in [0.4, 0.5) is 0 Å². The molecule has 2 heterocycles. The number of nitrogens with one attached hydrogen (secondary N) is 1.